The minimum Gasteiger partial charge on any atom is -0.325 e. The largest absolute Gasteiger partial charge is 0.325 e. The molecule has 1 saturated carbocycles. The molecule has 1 aliphatic carbocycles. The van der Waals surface area contributed by atoms with Crippen LogP contribution in [0.4, 0.5) is 5.69 Å². The molecular weight excluding hydrogens is 272 g/mol. The van der Waals surface area contributed by atoms with E-state index in [1.165, 1.54) is 0 Å². The minimum atomic E-state index is -0.0335. The number of hydrogen-bond donors (Lipinski definition) is 2. The van der Waals surface area contributed by atoms with E-state index in [1.54, 1.807) is 6.07 Å². The van der Waals surface area contributed by atoms with Gasteiger partial charge in [-0.3, -0.25) is 4.79 Å². The molecule has 110 valence electrons. The fraction of sp³-hybridized carbons (Fsp3) is 0.562. The third-order valence-corrected chi connectivity index (χ3v) is 5.20. The maximum atomic E-state index is 12.0. The van der Waals surface area contributed by atoms with Gasteiger partial charge in [-0.05, 0) is 35.4 Å². The van der Waals surface area contributed by atoms with E-state index in [0.29, 0.717) is 17.6 Å². The summed E-state index contributed by atoms with van der Waals surface area (Å²) in [6.45, 7) is 11.2. The van der Waals surface area contributed by atoms with Crippen molar-refractivity contribution in [1.82, 2.24) is 5.32 Å². The molecule has 0 heterocycles. The highest BCUT2D eigenvalue weighted by Gasteiger charge is 2.64. The molecule has 1 aromatic rings. The quantitative estimate of drug-likeness (QED) is 0.890. The normalized spacial score (nSPS) is 19.7. The van der Waals surface area contributed by atoms with E-state index in [-0.39, 0.29) is 16.7 Å². The van der Waals surface area contributed by atoms with Gasteiger partial charge in [0, 0.05) is 16.8 Å². The second kappa shape index (κ2) is 5.05. The third-order valence-electron chi connectivity index (χ3n) is 4.96. The van der Waals surface area contributed by atoms with Crippen molar-refractivity contribution < 1.29 is 4.79 Å². The Morgan fingerprint density at radius 1 is 1.25 bits per heavy atom. The fourth-order valence-electron chi connectivity index (χ4n) is 2.82. The van der Waals surface area contributed by atoms with Crippen molar-refractivity contribution >= 4 is 23.2 Å². The Morgan fingerprint density at radius 2 is 1.85 bits per heavy atom. The smallest absolute Gasteiger partial charge is 0.238 e. The van der Waals surface area contributed by atoms with Gasteiger partial charge in [-0.1, -0.05) is 45.4 Å². The van der Waals surface area contributed by atoms with Gasteiger partial charge < -0.3 is 10.6 Å². The van der Waals surface area contributed by atoms with Gasteiger partial charge in [0.15, 0.2) is 0 Å². The number of amides is 1. The number of anilines is 1. The number of hydrogen-bond acceptors (Lipinski definition) is 2. The monoisotopic (exact) mass is 294 g/mol. The first-order valence-corrected chi connectivity index (χ1v) is 7.33. The molecule has 1 aromatic carbocycles. The van der Waals surface area contributed by atoms with Crippen LogP contribution in [0, 0.1) is 17.8 Å². The molecule has 0 unspecified atom stereocenters. The molecule has 0 saturated heterocycles. The molecule has 0 radical (unpaired) electrons. The van der Waals surface area contributed by atoms with E-state index in [0.717, 1.165) is 11.3 Å². The van der Waals surface area contributed by atoms with Crippen LogP contribution in [-0.4, -0.2) is 18.5 Å². The van der Waals surface area contributed by atoms with Crippen LogP contribution in [0.25, 0.3) is 0 Å². The standard InChI is InChI=1S/C16H23ClN2O/c1-10-6-7-11(17)8-12(10)19-13(20)9-18-14-15(2,3)16(14,4)5/h6-8,14,18H,9H2,1-5H3,(H,19,20). The molecule has 1 fully saturated rings. The maximum Gasteiger partial charge on any atom is 0.238 e. The first-order valence-electron chi connectivity index (χ1n) is 6.95. The highest BCUT2D eigenvalue weighted by Crippen LogP contribution is 2.62. The highest BCUT2D eigenvalue weighted by molar-refractivity contribution is 6.31. The Bertz CT molecular complexity index is 523. The van der Waals surface area contributed by atoms with Crippen LogP contribution in [0.5, 0.6) is 0 Å². The topological polar surface area (TPSA) is 41.1 Å². The summed E-state index contributed by atoms with van der Waals surface area (Å²) in [5.74, 6) is -0.0335. The summed E-state index contributed by atoms with van der Waals surface area (Å²) >= 11 is 5.95. The zero-order chi connectivity index (χ0) is 15.1. The Morgan fingerprint density at radius 3 is 2.40 bits per heavy atom. The van der Waals surface area contributed by atoms with Crippen LogP contribution in [0.2, 0.25) is 5.02 Å². The van der Waals surface area contributed by atoms with E-state index in [2.05, 4.69) is 38.3 Å². The lowest BCUT2D eigenvalue weighted by molar-refractivity contribution is -0.115. The van der Waals surface area contributed by atoms with Gasteiger partial charge in [0.2, 0.25) is 5.91 Å². The second-order valence-corrected chi connectivity index (χ2v) is 7.20. The lowest BCUT2D eigenvalue weighted by Crippen LogP contribution is -2.32. The summed E-state index contributed by atoms with van der Waals surface area (Å²) in [5.41, 5.74) is 2.26. The summed E-state index contributed by atoms with van der Waals surface area (Å²) in [6, 6.07) is 5.87. The average Bonchev–Trinajstić information content (AvgIpc) is 2.72. The molecule has 3 nitrogen and oxygen atoms in total. The zero-order valence-electron chi connectivity index (χ0n) is 12.8. The molecule has 2 N–H and O–H groups in total. The first kappa shape index (κ1) is 15.3. The van der Waals surface area contributed by atoms with Crippen LogP contribution in [0.15, 0.2) is 18.2 Å². The van der Waals surface area contributed by atoms with Crippen molar-refractivity contribution in [2.75, 3.05) is 11.9 Å². The minimum absolute atomic E-state index is 0.0335. The second-order valence-electron chi connectivity index (χ2n) is 6.76. The van der Waals surface area contributed by atoms with Gasteiger partial charge in [0.25, 0.3) is 0 Å². The lowest BCUT2D eigenvalue weighted by Gasteiger charge is -2.10. The molecule has 0 aliphatic heterocycles. The van der Waals surface area contributed by atoms with Gasteiger partial charge in [-0.25, -0.2) is 0 Å². The number of rotatable bonds is 4. The van der Waals surface area contributed by atoms with Crippen molar-refractivity contribution in [3.8, 4) is 0 Å². The summed E-state index contributed by atoms with van der Waals surface area (Å²) in [6.07, 6.45) is 0. The predicted molar refractivity (Wildman–Crippen MR) is 84.2 cm³/mol. The SMILES string of the molecule is Cc1ccc(Cl)cc1NC(=O)CNC1C(C)(C)C1(C)C. The van der Waals surface area contributed by atoms with E-state index < -0.39 is 0 Å². The van der Waals surface area contributed by atoms with Crippen LogP contribution in [0.1, 0.15) is 33.3 Å². The van der Waals surface area contributed by atoms with E-state index in [1.807, 2.05) is 19.1 Å². The lowest BCUT2D eigenvalue weighted by atomic mass is 10.0. The highest BCUT2D eigenvalue weighted by atomic mass is 35.5. The van der Waals surface area contributed by atoms with Crippen molar-refractivity contribution in [2.45, 2.75) is 40.7 Å². The van der Waals surface area contributed by atoms with Crippen LogP contribution >= 0.6 is 11.6 Å². The van der Waals surface area contributed by atoms with Crippen LogP contribution < -0.4 is 10.6 Å². The summed E-state index contributed by atoms with van der Waals surface area (Å²) < 4.78 is 0. The average molecular weight is 295 g/mol. The first-order chi connectivity index (χ1) is 9.16. The molecule has 0 atom stereocenters. The van der Waals surface area contributed by atoms with Gasteiger partial charge >= 0.3 is 0 Å². The number of carbonyl (C=O) groups excluding carboxylic acids is 1. The molecule has 0 aromatic heterocycles. The Labute approximate surface area is 126 Å². The molecule has 2 rings (SSSR count). The number of carbonyl (C=O) groups is 1. The van der Waals surface area contributed by atoms with Gasteiger partial charge in [0.1, 0.15) is 0 Å². The number of halogens is 1. The van der Waals surface area contributed by atoms with E-state index >= 15 is 0 Å². The molecule has 4 heteroatoms. The summed E-state index contributed by atoms with van der Waals surface area (Å²) in [7, 11) is 0. The predicted octanol–water partition coefficient (Wildman–Crippen LogP) is 3.61. The van der Waals surface area contributed by atoms with Crippen molar-refractivity contribution in [2.24, 2.45) is 10.8 Å². The molecule has 1 amide bonds. The fourth-order valence-corrected chi connectivity index (χ4v) is 3.00. The number of aryl methyl sites for hydroxylation is 1. The Balaban J connectivity index is 1.90. The van der Waals surface area contributed by atoms with Gasteiger partial charge in [-0.2, -0.15) is 0 Å². The molecular formula is C16H23ClN2O. The van der Waals surface area contributed by atoms with E-state index in [4.69, 9.17) is 11.6 Å². The molecule has 20 heavy (non-hydrogen) atoms. The van der Waals surface area contributed by atoms with Crippen LogP contribution in [-0.2, 0) is 4.79 Å². The van der Waals surface area contributed by atoms with Crippen LogP contribution in [0.3, 0.4) is 0 Å². The van der Waals surface area contributed by atoms with E-state index in [9.17, 15) is 4.79 Å². The Kier molecular flexibility index (Phi) is 3.87. The molecule has 0 spiro atoms. The third kappa shape index (κ3) is 2.70. The number of nitrogens with one attached hydrogen (secondary N) is 2. The van der Waals surface area contributed by atoms with Crippen molar-refractivity contribution in [3.05, 3.63) is 28.8 Å². The Hall–Kier alpha value is -1.06. The zero-order valence-corrected chi connectivity index (χ0v) is 13.6. The molecule has 1 aliphatic rings. The van der Waals surface area contributed by atoms with Crippen molar-refractivity contribution in [3.63, 3.8) is 0 Å². The summed E-state index contributed by atoms with van der Waals surface area (Å²) in [4.78, 5) is 12.0. The van der Waals surface area contributed by atoms with Crippen molar-refractivity contribution in [1.29, 1.82) is 0 Å². The van der Waals surface area contributed by atoms with Gasteiger partial charge in [-0.15, -0.1) is 0 Å². The maximum absolute atomic E-state index is 12.0. The summed E-state index contributed by atoms with van der Waals surface area (Å²) in [5, 5.41) is 6.88. The number of benzene rings is 1. The molecule has 0 bridgehead atoms. The van der Waals surface area contributed by atoms with Gasteiger partial charge in [0.05, 0.1) is 6.54 Å².